The summed E-state index contributed by atoms with van der Waals surface area (Å²) >= 11 is 2.39. The van der Waals surface area contributed by atoms with Crippen molar-refractivity contribution < 1.29 is 0 Å². The molecule has 1 rings (SSSR count). The maximum Gasteiger partial charge on any atom is 0.0475 e. The van der Waals surface area contributed by atoms with Crippen molar-refractivity contribution in [3.8, 4) is 0 Å². The molecule has 0 aromatic heterocycles. The maximum absolute atomic E-state index is 3.53. The molecule has 0 saturated carbocycles. The summed E-state index contributed by atoms with van der Waals surface area (Å²) in [4.78, 5) is 0. The van der Waals surface area contributed by atoms with E-state index in [0.717, 1.165) is 6.54 Å². The Labute approximate surface area is 139 Å². The first-order chi connectivity index (χ1) is 9.84. The normalized spacial score (nSPS) is 10.7. The van der Waals surface area contributed by atoms with Crippen molar-refractivity contribution in [2.75, 3.05) is 11.9 Å². The summed E-state index contributed by atoms with van der Waals surface area (Å²) < 4.78 is 1.32. The number of para-hydroxylation sites is 1. The van der Waals surface area contributed by atoms with Gasteiger partial charge in [-0.15, -0.1) is 0 Å². The molecule has 0 spiro atoms. The Hall–Kier alpha value is -0.250. The highest BCUT2D eigenvalue weighted by Gasteiger charge is 1.96. The van der Waals surface area contributed by atoms with E-state index in [1.807, 2.05) is 0 Å². The first-order valence-electron chi connectivity index (χ1n) is 8.33. The second-order valence-corrected chi connectivity index (χ2v) is 6.75. The molecule has 0 heterocycles. The van der Waals surface area contributed by atoms with E-state index < -0.39 is 0 Å². The lowest BCUT2D eigenvalue weighted by Gasteiger charge is -2.08. The lowest BCUT2D eigenvalue weighted by atomic mass is 10.1. The van der Waals surface area contributed by atoms with E-state index in [1.165, 1.54) is 73.5 Å². The molecule has 0 amide bonds. The summed E-state index contributed by atoms with van der Waals surface area (Å²) in [5, 5.41) is 3.53. The van der Waals surface area contributed by atoms with Crippen molar-refractivity contribution >= 4 is 28.3 Å². The van der Waals surface area contributed by atoms with E-state index in [4.69, 9.17) is 0 Å². The average molecular weight is 387 g/mol. The van der Waals surface area contributed by atoms with Crippen LogP contribution < -0.4 is 5.32 Å². The van der Waals surface area contributed by atoms with Crippen LogP contribution in [-0.4, -0.2) is 6.54 Å². The number of anilines is 1. The van der Waals surface area contributed by atoms with Crippen LogP contribution in [0.2, 0.25) is 0 Å². The number of hydrogen-bond acceptors (Lipinski definition) is 1. The quantitative estimate of drug-likeness (QED) is 0.314. The minimum atomic E-state index is 1.11. The molecule has 20 heavy (non-hydrogen) atoms. The predicted octanol–water partition coefficient (Wildman–Crippen LogP) is 6.62. The Morgan fingerprint density at radius 1 is 0.800 bits per heavy atom. The van der Waals surface area contributed by atoms with E-state index in [9.17, 15) is 0 Å². The number of benzene rings is 1. The second kappa shape index (κ2) is 12.5. The molecule has 0 aliphatic heterocycles. The minimum absolute atomic E-state index is 1.11. The zero-order valence-electron chi connectivity index (χ0n) is 13.0. The van der Waals surface area contributed by atoms with Gasteiger partial charge >= 0.3 is 0 Å². The average Bonchev–Trinajstić information content (AvgIpc) is 2.46. The number of halogens is 1. The fraction of sp³-hybridized carbons (Fsp3) is 0.667. The molecule has 2 heteroatoms. The van der Waals surface area contributed by atoms with Crippen LogP contribution in [0, 0.1) is 3.57 Å². The van der Waals surface area contributed by atoms with E-state index in [-0.39, 0.29) is 0 Å². The summed E-state index contributed by atoms with van der Waals surface area (Å²) in [7, 11) is 0. The first-order valence-corrected chi connectivity index (χ1v) is 9.41. The molecular formula is C18H30IN. The molecule has 1 nitrogen and oxygen atoms in total. The summed E-state index contributed by atoms with van der Waals surface area (Å²) in [5.74, 6) is 0. The van der Waals surface area contributed by atoms with E-state index in [0.29, 0.717) is 0 Å². The van der Waals surface area contributed by atoms with Gasteiger partial charge in [0.2, 0.25) is 0 Å². The monoisotopic (exact) mass is 387 g/mol. The third-order valence-corrected chi connectivity index (χ3v) is 4.66. The lowest BCUT2D eigenvalue weighted by molar-refractivity contribution is 0.560. The lowest BCUT2D eigenvalue weighted by Crippen LogP contribution is -2.02. The number of unbranched alkanes of at least 4 members (excludes halogenated alkanes) is 9. The van der Waals surface area contributed by atoms with E-state index in [2.05, 4.69) is 59.1 Å². The fourth-order valence-corrected chi connectivity index (χ4v) is 3.02. The zero-order chi connectivity index (χ0) is 14.5. The van der Waals surface area contributed by atoms with Gasteiger partial charge < -0.3 is 5.32 Å². The molecule has 1 aromatic rings. The topological polar surface area (TPSA) is 12.0 Å². The number of rotatable bonds is 12. The van der Waals surface area contributed by atoms with Gasteiger partial charge in [-0.05, 0) is 41.1 Å². The van der Waals surface area contributed by atoms with Gasteiger partial charge in [0.15, 0.2) is 0 Å². The van der Waals surface area contributed by atoms with Crippen molar-refractivity contribution in [1.82, 2.24) is 0 Å². The Bertz CT molecular complexity index is 338. The molecule has 0 aliphatic rings. The highest BCUT2D eigenvalue weighted by atomic mass is 127. The Morgan fingerprint density at radius 2 is 1.35 bits per heavy atom. The SMILES string of the molecule is CCCCCCCCCCCCNc1ccccc1I. The molecule has 0 fully saturated rings. The molecule has 0 aliphatic carbocycles. The number of hydrogen-bond donors (Lipinski definition) is 1. The first kappa shape index (κ1) is 17.8. The van der Waals surface area contributed by atoms with Crippen LogP contribution in [0.5, 0.6) is 0 Å². The highest BCUT2D eigenvalue weighted by Crippen LogP contribution is 2.17. The van der Waals surface area contributed by atoms with Crippen LogP contribution in [0.3, 0.4) is 0 Å². The van der Waals surface area contributed by atoms with Crippen LogP contribution in [0.15, 0.2) is 24.3 Å². The van der Waals surface area contributed by atoms with Crippen LogP contribution in [0.25, 0.3) is 0 Å². The van der Waals surface area contributed by atoms with Gasteiger partial charge in [-0.25, -0.2) is 0 Å². The molecule has 0 saturated heterocycles. The van der Waals surface area contributed by atoms with Crippen molar-refractivity contribution in [3.05, 3.63) is 27.8 Å². The van der Waals surface area contributed by atoms with Crippen molar-refractivity contribution in [1.29, 1.82) is 0 Å². The third kappa shape index (κ3) is 8.83. The summed E-state index contributed by atoms with van der Waals surface area (Å²) in [5.41, 5.74) is 1.28. The summed E-state index contributed by atoms with van der Waals surface area (Å²) in [6, 6.07) is 8.51. The Balaban J connectivity index is 1.87. The Morgan fingerprint density at radius 3 is 1.95 bits per heavy atom. The largest absolute Gasteiger partial charge is 0.384 e. The molecule has 0 radical (unpaired) electrons. The molecule has 1 N–H and O–H groups in total. The second-order valence-electron chi connectivity index (χ2n) is 5.59. The standard InChI is InChI=1S/C18H30IN/c1-2-3-4-5-6-7-8-9-10-13-16-20-18-15-12-11-14-17(18)19/h11-12,14-15,20H,2-10,13,16H2,1H3. The van der Waals surface area contributed by atoms with Gasteiger partial charge in [0.1, 0.15) is 0 Å². The molecule has 0 atom stereocenters. The van der Waals surface area contributed by atoms with E-state index in [1.54, 1.807) is 0 Å². The third-order valence-electron chi connectivity index (χ3n) is 3.72. The molecule has 0 bridgehead atoms. The van der Waals surface area contributed by atoms with Crippen LogP contribution in [-0.2, 0) is 0 Å². The van der Waals surface area contributed by atoms with Crippen molar-refractivity contribution in [2.24, 2.45) is 0 Å². The van der Waals surface area contributed by atoms with Gasteiger partial charge in [0.25, 0.3) is 0 Å². The smallest absolute Gasteiger partial charge is 0.0475 e. The van der Waals surface area contributed by atoms with Gasteiger partial charge in [-0.3, -0.25) is 0 Å². The van der Waals surface area contributed by atoms with Gasteiger partial charge in [-0.1, -0.05) is 76.8 Å². The molecule has 1 aromatic carbocycles. The van der Waals surface area contributed by atoms with E-state index >= 15 is 0 Å². The van der Waals surface area contributed by atoms with Crippen LogP contribution >= 0.6 is 22.6 Å². The fourth-order valence-electron chi connectivity index (χ4n) is 2.44. The number of nitrogens with one attached hydrogen (secondary N) is 1. The zero-order valence-corrected chi connectivity index (χ0v) is 15.1. The minimum Gasteiger partial charge on any atom is -0.384 e. The molecular weight excluding hydrogens is 357 g/mol. The van der Waals surface area contributed by atoms with Crippen LogP contribution in [0.1, 0.15) is 71.1 Å². The van der Waals surface area contributed by atoms with Gasteiger partial charge in [0, 0.05) is 15.8 Å². The molecule has 0 unspecified atom stereocenters. The highest BCUT2D eigenvalue weighted by molar-refractivity contribution is 14.1. The van der Waals surface area contributed by atoms with Crippen molar-refractivity contribution in [2.45, 2.75) is 71.1 Å². The Kier molecular flexibility index (Phi) is 11.1. The van der Waals surface area contributed by atoms with Gasteiger partial charge in [0.05, 0.1) is 0 Å². The molecule has 114 valence electrons. The van der Waals surface area contributed by atoms with Crippen molar-refractivity contribution in [3.63, 3.8) is 0 Å². The summed E-state index contributed by atoms with van der Waals surface area (Å²) in [6.07, 6.45) is 14.0. The van der Waals surface area contributed by atoms with Gasteiger partial charge in [-0.2, -0.15) is 0 Å². The summed E-state index contributed by atoms with van der Waals surface area (Å²) in [6.45, 7) is 3.39. The maximum atomic E-state index is 3.53. The van der Waals surface area contributed by atoms with Crippen LogP contribution in [0.4, 0.5) is 5.69 Å². The predicted molar refractivity (Wildman–Crippen MR) is 99.5 cm³/mol.